The normalized spacial score (nSPS) is 17.8. The van der Waals surface area contributed by atoms with E-state index in [0.29, 0.717) is 18.8 Å². The Hall–Kier alpha value is -1.42. The summed E-state index contributed by atoms with van der Waals surface area (Å²) in [6, 6.07) is 6.44. The molecule has 2 rings (SSSR count). The van der Waals surface area contributed by atoms with Gasteiger partial charge in [0.15, 0.2) is 0 Å². The predicted octanol–water partition coefficient (Wildman–Crippen LogP) is 3.09. The van der Waals surface area contributed by atoms with E-state index in [9.17, 15) is 9.18 Å². The first-order chi connectivity index (χ1) is 9.64. The van der Waals surface area contributed by atoms with Gasteiger partial charge in [0, 0.05) is 13.1 Å². The van der Waals surface area contributed by atoms with Gasteiger partial charge in [0.25, 0.3) is 0 Å². The van der Waals surface area contributed by atoms with E-state index in [1.54, 1.807) is 23.1 Å². The second kappa shape index (κ2) is 6.35. The van der Waals surface area contributed by atoms with Crippen LogP contribution >= 0.6 is 0 Å². The van der Waals surface area contributed by atoms with Crippen molar-refractivity contribution in [3.8, 4) is 0 Å². The zero-order chi connectivity index (χ0) is 14.6. The van der Waals surface area contributed by atoms with Crippen LogP contribution in [0.5, 0.6) is 0 Å². The lowest BCUT2D eigenvalue weighted by Crippen LogP contribution is -2.49. The van der Waals surface area contributed by atoms with Crippen LogP contribution in [0.1, 0.15) is 39.0 Å². The van der Waals surface area contributed by atoms with Gasteiger partial charge in [-0.3, -0.25) is 4.79 Å². The highest BCUT2D eigenvalue weighted by molar-refractivity contribution is 5.98. The molecule has 0 unspecified atom stereocenters. The number of benzene rings is 1. The van der Waals surface area contributed by atoms with Gasteiger partial charge in [0.05, 0.1) is 11.1 Å². The SMILES string of the molecule is CCN(C(=O)C1(CN)CCCCC1)c1ccccc1F. The highest BCUT2D eigenvalue weighted by Crippen LogP contribution is 2.38. The lowest BCUT2D eigenvalue weighted by atomic mass is 9.73. The summed E-state index contributed by atoms with van der Waals surface area (Å²) in [6.45, 7) is 2.68. The van der Waals surface area contributed by atoms with Crippen molar-refractivity contribution in [1.29, 1.82) is 0 Å². The molecule has 2 N–H and O–H groups in total. The molecule has 0 aliphatic heterocycles. The Morgan fingerprint density at radius 1 is 1.30 bits per heavy atom. The fraction of sp³-hybridized carbons (Fsp3) is 0.562. The van der Waals surface area contributed by atoms with E-state index in [-0.39, 0.29) is 11.7 Å². The summed E-state index contributed by atoms with van der Waals surface area (Å²) in [5, 5.41) is 0. The number of rotatable bonds is 4. The van der Waals surface area contributed by atoms with Crippen LogP contribution in [-0.4, -0.2) is 19.0 Å². The number of amides is 1. The molecule has 1 aliphatic rings. The van der Waals surface area contributed by atoms with Crippen LogP contribution in [0.2, 0.25) is 0 Å². The molecule has 3 nitrogen and oxygen atoms in total. The highest BCUT2D eigenvalue weighted by atomic mass is 19.1. The van der Waals surface area contributed by atoms with Gasteiger partial charge < -0.3 is 10.6 Å². The number of halogens is 1. The Morgan fingerprint density at radius 3 is 2.50 bits per heavy atom. The van der Waals surface area contributed by atoms with Gasteiger partial charge in [0.1, 0.15) is 5.82 Å². The Kier molecular flexibility index (Phi) is 4.76. The molecule has 110 valence electrons. The maximum atomic E-state index is 14.0. The van der Waals surface area contributed by atoms with Crippen molar-refractivity contribution in [2.75, 3.05) is 18.0 Å². The number of para-hydroxylation sites is 1. The van der Waals surface area contributed by atoms with Crippen molar-refractivity contribution in [3.63, 3.8) is 0 Å². The minimum atomic E-state index is -0.503. The van der Waals surface area contributed by atoms with Crippen molar-refractivity contribution >= 4 is 11.6 Å². The molecule has 1 saturated carbocycles. The van der Waals surface area contributed by atoms with Crippen LogP contribution in [-0.2, 0) is 4.79 Å². The maximum absolute atomic E-state index is 14.0. The Labute approximate surface area is 120 Å². The van der Waals surface area contributed by atoms with Crippen LogP contribution in [0.4, 0.5) is 10.1 Å². The third-order valence-corrected chi connectivity index (χ3v) is 4.36. The molecule has 20 heavy (non-hydrogen) atoms. The maximum Gasteiger partial charge on any atom is 0.234 e. The van der Waals surface area contributed by atoms with Crippen LogP contribution in [0.15, 0.2) is 24.3 Å². The van der Waals surface area contributed by atoms with Gasteiger partial charge in [-0.25, -0.2) is 4.39 Å². The van der Waals surface area contributed by atoms with Gasteiger partial charge in [-0.1, -0.05) is 31.4 Å². The van der Waals surface area contributed by atoms with Crippen LogP contribution in [0, 0.1) is 11.2 Å². The van der Waals surface area contributed by atoms with Gasteiger partial charge in [-0.2, -0.15) is 0 Å². The molecule has 1 amide bonds. The molecule has 4 heteroatoms. The van der Waals surface area contributed by atoms with Crippen molar-refractivity contribution < 1.29 is 9.18 Å². The summed E-state index contributed by atoms with van der Waals surface area (Å²) in [4.78, 5) is 14.5. The fourth-order valence-corrected chi connectivity index (χ4v) is 3.11. The summed E-state index contributed by atoms with van der Waals surface area (Å²) in [7, 11) is 0. The molecular formula is C16H23FN2O. The smallest absolute Gasteiger partial charge is 0.234 e. The highest BCUT2D eigenvalue weighted by Gasteiger charge is 2.41. The fourth-order valence-electron chi connectivity index (χ4n) is 3.11. The second-order valence-corrected chi connectivity index (χ2v) is 5.55. The Bertz CT molecular complexity index is 469. The summed E-state index contributed by atoms with van der Waals surface area (Å²) < 4.78 is 14.0. The number of carbonyl (C=O) groups is 1. The number of anilines is 1. The predicted molar refractivity (Wildman–Crippen MR) is 79.0 cm³/mol. The summed E-state index contributed by atoms with van der Waals surface area (Å²) in [5.41, 5.74) is 5.76. The van der Waals surface area contributed by atoms with Gasteiger partial charge >= 0.3 is 0 Å². The average molecular weight is 278 g/mol. The summed E-state index contributed by atoms with van der Waals surface area (Å²) >= 11 is 0. The van der Waals surface area contributed by atoms with Crippen molar-refractivity contribution in [2.24, 2.45) is 11.1 Å². The van der Waals surface area contributed by atoms with Gasteiger partial charge in [-0.05, 0) is 31.9 Å². The molecule has 1 aliphatic carbocycles. The molecule has 0 aromatic heterocycles. The molecule has 1 aromatic rings. The third kappa shape index (κ3) is 2.70. The second-order valence-electron chi connectivity index (χ2n) is 5.55. The molecule has 0 saturated heterocycles. The van der Waals surface area contributed by atoms with Crippen LogP contribution < -0.4 is 10.6 Å². The zero-order valence-electron chi connectivity index (χ0n) is 12.1. The minimum Gasteiger partial charge on any atom is -0.329 e. The van der Waals surface area contributed by atoms with Gasteiger partial charge in [0.2, 0.25) is 5.91 Å². The molecule has 0 bridgehead atoms. The largest absolute Gasteiger partial charge is 0.329 e. The van der Waals surface area contributed by atoms with E-state index in [0.717, 1.165) is 32.1 Å². The molecule has 1 fully saturated rings. The van der Waals surface area contributed by atoms with Crippen LogP contribution in [0.3, 0.4) is 0 Å². The number of nitrogens with zero attached hydrogens (tertiary/aromatic N) is 1. The van der Waals surface area contributed by atoms with E-state index in [1.807, 2.05) is 6.92 Å². The monoisotopic (exact) mass is 278 g/mol. The zero-order valence-corrected chi connectivity index (χ0v) is 12.1. The average Bonchev–Trinajstić information content (AvgIpc) is 2.50. The topological polar surface area (TPSA) is 46.3 Å². The van der Waals surface area contributed by atoms with E-state index in [1.165, 1.54) is 6.07 Å². The Balaban J connectivity index is 2.31. The standard InChI is InChI=1S/C16H23FN2O/c1-2-19(14-9-5-4-8-13(14)17)15(20)16(12-18)10-6-3-7-11-16/h4-5,8-9H,2-3,6-7,10-12,18H2,1H3. The number of hydrogen-bond donors (Lipinski definition) is 1. The molecule has 0 heterocycles. The quantitative estimate of drug-likeness (QED) is 0.920. The van der Waals surface area contributed by atoms with E-state index in [2.05, 4.69) is 0 Å². The van der Waals surface area contributed by atoms with E-state index in [4.69, 9.17) is 5.73 Å². The molecule has 1 aromatic carbocycles. The number of carbonyl (C=O) groups excluding carboxylic acids is 1. The number of hydrogen-bond acceptors (Lipinski definition) is 2. The molecule has 0 spiro atoms. The lowest BCUT2D eigenvalue weighted by molar-refractivity contribution is -0.129. The van der Waals surface area contributed by atoms with E-state index < -0.39 is 5.41 Å². The van der Waals surface area contributed by atoms with E-state index >= 15 is 0 Å². The third-order valence-electron chi connectivity index (χ3n) is 4.36. The summed E-state index contributed by atoms with van der Waals surface area (Å²) in [5.74, 6) is -0.377. The summed E-state index contributed by atoms with van der Waals surface area (Å²) in [6.07, 6.45) is 4.83. The van der Waals surface area contributed by atoms with Gasteiger partial charge in [-0.15, -0.1) is 0 Å². The molecule has 0 atom stereocenters. The molecular weight excluding hydrogens is 255 g/mol. The first kappa shape index (κ1) is 15.0. The first-order valence-corrected chi connectivity index (χ1v) is 7.41. The number of nitrogens with two attached hydrogens (primary N) is 1. The minimum absolute atomic E-state index is 0.0210. The van der Waals surface area contributed by atoms with Crippen molar-refractivity contribution in [2.45, 2.75) is 39.0 Å². The van der Waals surface area contributed by atoms with Crippen molar-refractivity contribution in [1.82, 2.24) is 0 Å². The molecule has 0 radical (unpaired) electrons. The lowest BCUT2D eigenvalue weighted by Gasteiger charge is -2.38. The van der Waals surface area contributed by atoms with Crippen molar-refractivity contribution in [3.05, 3.63) is 30.1 Å². The van der Waals surface area contributed by atoms with Crippen LogP contribution in [0.25, 0.3) is 0 Å². The Morgan fingerprint density at radius 2 is 1.95 bits per heavy atom. The first-order valence-electron chi connectivity index (χ1n) is 7.41.